The van der Waals surface area contributed by atoms with Gasteiger partial charge in [0.2, 0.25) is 0 Å². The van der Waals surface area contributed by atoms with Gasteiger partial charge in [0, 0.05) is 51.9 Å². The molecule has 3 rings (SSSR count). The first-order valence-corrected chi connectivity index (χ1v) is 9.94. The molecule has 1 aliphatic heterocycles. The Morgan fingerprint density at radius 1 is 1.17 bits per heavy atom. The largest absolute Gasteiger partial charge is 0.497 e. The maximum Gasteiger partial charge on any atom is 0.194 e. The fraction of sp³-hybridized carbons (Fsp3) is 0.550. The number of guanidine groups is 1. The summed E-state index contributed by atoms with van der Waals surface area (Å²) in [6, 6.07) is 5.94. The Labute approximate surface area is 195 Å². The molecule has 30 heavy (non-hydrogen) atoms. The van der Waals surface area contributed by atoms with E-state index >= 15 is 0 Å². The fourth-order valence-corrected chi connectivity index (χ4v) is 3.53. The highest BCUT2D eigenvalue weighted by molar-refractivity contribution is 14.0. The number of aryl methyl sites for hydroxylation is 1. The van der Waals surface area contributed by atoms with E-state index in [1.807, 2.05) is 23.7 Å². The third kappa shape index (κ3) is 5.97. The van der Waals surface area contributed by atoms with Gasteiger partial charge in [0.1, 0.15) is 17.8 Å². The van der Waals surface area contributed by atoms with Crippen molar-refractivity contribution in [2.45, 2.75) is 26.6 Å². The first-order valence-electron chi connectivity index (χ1n) is 9.94. The highest BCUT2D eigenvalue weighted by atomic mass is 127. The number of nitrogens with zero attached hydrogens (tertiary/aromatic N) is 6. The second-order valence-electron chi connectivity index (χ2n) is 6.87. The van der Waals surface area contributed by atoms with Crippen molar-refractivity contribution < 1.29 is 9.47 Å². The number of aliphatic imine (C=N–C) groups is 1. The van der Waals surface area contributed by atoms with Gasteiger partial charge in [-0.1, -0.05) is 0 Å². The molecule has 0 radical (unpaired) electrons. The minimum Gasteiger partial charge on any atom is -0.497 e. The lowest BCUT2D eigenvalue weighted by Gasteiger charge is -2.36. The number of nitrogens with one attached hydrogen (secondary N) is 1. The van der Waals surface area contributed by atoms with Crippen LogP contribution in [0.2, 0.25) is 0 Å². The second-order valence-corrected chi connectivity index (χ2v) is 6.87. The van der Waals surface area contributed by atoms with Crippen molar-refractivity contribution in [3.8, 4) is 11.5 Å². The number of piperazine rings is 1. The molecule has 0 amide bonds. The summed E-state index contributed by atoms with van der Waals surface area (Å²) >= 11 is 0. The Morgan fingerprint density at radius 2 is 1.93 bits per heavy atom. The number of ether oxygens (including phenoxy) is 2. The van der Waals surface area contributed by atoms with Crippen LogP contribution >= 0.6 is 24.0 Å². The molecule has 166 valence electrons. The van der Waals surface area contributed by atoms with Crippen LogP contribution in [0.5, 0.6) is 11.5 Å². The van der Waals surface area contributed by atoms with Crippen molar-refractivity contribution in [1.29, 1.82) is 0 Å². The standard InChI is InChI=1S/C20H31N7O2.HI/c1-5-26-15-23-24-19(26)13-22-20(21-2)27-10-8-25(9-11-27)14-16-12-17(28-3)6-7-18(16)29-4;/h6-7,12,15H,5,8-11,13-14H2,1-4H3,(H,21,22);1H. The Hall–Kier alpha value is -2.08. The molecule has 0 aliphatic carbocycles. The molecule has 1 saturated heterocycles. The maximum atomic E-state index is 5.51. The zero-order valence-corrected chi connectivity index (χ0v) is 20.5. The number of methoxy groups -OCH3 is 2. The molecule has 1 fully saturated rings. The minimum atomic E-state index is 0. The average molecular weight is 529 g/mol. The summed E-state index contributed by atoms with van der Waals surface area (Å²) in [6.45, 7) is 8.10. The van der Waals surface area contributed by atoms with E-state index in [1.54, 1.807) is 20.5 Å². The monoisotopic (exact) mass is 529 g/mol. The lowest BCUT2D eigenvalue weighted by molar-refractivity contribution is 0.171. The van der Waals surface area contributed by atoms with E-state index in [2.05, 4.69) is 43.3 Å². The van der Waals surface area contributed by atoms with E-state index in [-0.39, 0.29) is 24.0 Å². The number of halogens is 1. The topological polar surface area (TPSA) is 80.0 Å². The fourth-order valence-electron chi connectivity index (χ4n) is 3.53. The van der Waals surface area contributed by atoms with E-state index in [1.165, 1.54) is 0 Å². The van der Waals surface area contributed by atoms with Gasteiger partial charge in [-0.05, 0) is 25.1 Å². The molecule has 1 N–H and O–H groups in total. The van der Waals surface area contributed by atoms with Gasteiger partial charge < -0.3 is 24.3 Å². The molecule has 0 spiro atoms. The predicted molar refractivity (Wildman–Crippen MR) is 128 cm³/mol. The van der Waals surface area contributed by atoms with Gasteiger partial charge in [-0.3, -0.25) is 9.89 Å². The molecular formula is C20H32IN7O2. The lowest BCUT2D eigenvalue weighted by atomic mass is 10.1. The zero-order chi connectivity index (χ0) is 20.6. The van der Waals surface area contributed by atoms with E-state index in [0.29, 0.717) is 6.54 Å². The molecule has 9 nitrogen and oxygen atoms in total. The minimum absolute atomic E-state index is 0. The highest BCUT2D eigenvalue weighted by Gasteiger charge is 2.21. The lowest BCUT2D eigenvalue weighted by Crippen LogP contribution is -2.52. The Morgan fingerprint density at radius 3 is 2.57 bits per heavy atom. The maximum absolute atomic E-state index is 5.51. The number of rotatable bonds is 7. The Balaban J connectivity index is 0.00000320. The van der Waals surface area contributed by atoms with Gasteiger partial charge in [-0.15, -0.1) is 34.2 Å². The van der Waals surface area contributed by atoms with Crippen LogP contribution in [-0.2, 0) is 19.6 Å². The first kappa shape index (κ1) is 24.2. The molecule has 1 aliphatic rings. The van der Waals surface area contributed by atoms with Crippen LogP contribution in [0.4, 0.5) is 0 Å². The SMILES string of the molecule is CCn1cnnc1CNC(=NC)N1CCN(Cc2cc(OC)ccc2OC)CC1.I. The van der Waals surface area contributed by atoms with Crippen LogP contribution in [0.1, 0.15) is 18.3 Å². The number of hydrogen-bond acceptors (Lipinski definition) is 6. The summed E-state index contributed by atoms with van der Waals surface area (Å²) in [5.74, 6) is 3.56. The summed E-state index contributed by atoms with van der Waals surface area (Å²) in [4.78, 5) is 9.15. The van der Waals surface area contributed by atoms with Gasteiger partial charge in [0.25, 0.3) is 0 Å². The third-order valence-electron chi connectivity index (χ3n) is 5.21. The Kier molecular flexibility index (Phi) is 9.63. The zero-order valence-electron chi connectivity index (χ0n) is 18.2. The van der Waals surface area contributed by atoms with Gasteiger partial charge in [-0.25, -0.2) is 0 Å². The van der Waals surface area contributed by atoms with Crippen molar-refractivity contribution in [2.75, 3.05) is 47.4 Å². The van der Waals surface area contributed by atoms with Crippen molar-refractivity contribution in [1.82, 2.24) is 29.9 Å². The van der Waals surface area contributed by atoms with E-state index in [0.717, 1.165) is 68.1 Å². The highest BCUT2D eigenvalue weighted by Crippen LogP contribution is 2.25. The van der Waals surface area contributed by atoms with Crippen LogP contribution in [0.15, 0.2) is 29.5 Å². The van der Waals surface area contributed by atoms with E-state index in [4.69, 9.17) is 9.47 Å². The van der Waals surface area contributed by atoms with Gasteiger partial charge in [-0.2, -0.15) is 0 Å². The molecule has 2 heterocycles. The quantitative estimate of drug-likeness (QED) is 0.333. The summed E-state index contributed by atoms with van der Waals surface area (Å²) in [6.07, 6.45) is 1.76. The third-order valence-corrected chi connectivity index (χ3v) is 5.21. The first-order chi connectivity index (χ1) is 14.2. The average Bonchev–Trinajstić information content (AvgIpc) is 3.22. The van der Waals surface area contributed by atoms with Crippen LogP contribution < -0.4 is 14.8 Å². The molecule has 0 atom stereocenters. The molecule has 10 heteroatoms. The van der Waals surface area contributed by atoms with Gasteiger partial charge in [0.05, 0.1) is 20.8 Å². The normalized spacial score (nSPS) is 14.9. The van der Waals surface area contributed by atoms with E-state index < -0.39 is 0 Å². The van der Waals surface area contributed by atoms with Crippen LogP contribution in [0, 0.1) is 0 Å². The predicted octanol–water partition coefficient (Wildman–Crippen LogP) is 1.83. The molecular weight excluding hydrogens is 497 g/mol. The van der Waals surface area contributed by atoms with Crippen LogP contribution in [0.3, 0.4) is 0 Å². The van der Waals surface area contributed by atoms with Crippen LogP contribution in [-0.4, -0.2) is 78.0 Å². The van der Waals surface area contributed by atoms with Gasteiger partial charge >= 0.3 is 0 Å². The Bertz CT molecular complexity index is 819. The van der Waals surface area contributed by atoms with Crippen molar-refractivity contribution in [3.63, 3.8) is 0 Å². The molecule has 2 aromatic rings. The molecule has 0 bridgehead atoms. The second kappa shape index (κ2) is 11.9. The summed E-state index contributed by atoms with van der Waals surface area (Å²) in [5, 5.41) is 11.6. The van der Waals surface area contributed by atoms with E-state index in [9.17, 15) is 0 Å². The van der Waals surface area contributed by atoms with Crippen molar-refractivity contribution >= 4 is 29.9 Å². The number of aromatic nitrogens is 3. The number of hydrogen-bond donors (Lipinski definition) is 1. The van der Waals surface area contributed by atoms with Crippen LogP contribution in [0.25, 0.3) is 0 Å². The molecule has 1 aromatic carbocycles. The molecule has 0 unspecified atom stereocenters. The summed E-state index contributed by atoms with van der Waals surface area (Å²) in [5.41, 5.74) is 1.14. The summed E-state index contributed by atoms with van der Waals surface area (Å²) in [7, 11) is 5.21. The molecule has 1 aromatic heterocycles. The molecule has 0 saturated carbocycles. The van der Waals surface area contributed by atoms with Crippen molar-refractivity contribution in [3.05, 3.63) is 35.9 Å². The van der Waals surface area contributed by atoms with Gasteiger partial charge in [0.15, 0.2) is 11.8 Å². The van der Waals surface area contributed by atoms with Crippen molar-refractivity contribution in [2.24, 2.45) is 4.99 Å². The summed E-state index contributed by atoms with van der Waals surface area (Å²) < 4.78 is 12.9. The smallest absolute Gasteiger partial charge is 0.194 e. The number of benzene rings is 1.